The lowest BCUT2D eigenvalue weighted by molar-refractivity contribution is -0.219. The number of aromatic nitrogens is 1. The van der Waals surface area contributed by atoms with Gasteiger partial charge in [0.25, 0.3) is 0 Å². The maximum atomic E-state index is 17.5. The van der Waals surface area contributed by atoms with Crippen LogP contribution in [-0.2, 0) is 25.5 Å². The Hall–Kier alpha value is -4.41. The molecule has 10 heteroatoms. The number of allylic oxidation sites excluding steroid dienone is 4. The van der Waals surface area contributed by atoms with Crippen LogP contribution in [0.4, 0.5) is 8.78 Å². The van der Waals surface area contributed by atoms with Gasteiger partial charge in [0, 0.05) is 52.3 Å². The van der Waals surface area contributed by atoms with Crippen molar-refractivity contribution >= 4 is 34.1 Å². The van der Waals surface area contributed by atoms with Gasteiger partial charge in [-0.1, -0.05) is 49.8 Å². The number of rotatable bonds is 8. The van der Waals surface area contributed by atoms with Gasteiger partial charge in [-0.3, -0.25) is 19.4 Å². The maximum Gasteiger partial charge on any atom is 0.338 e. The number of ether oxygens (including phenoxy) is 1. The first kappa shape index (κ1) is 35.6. The number of nitrogens with zero attached hydrogens (tertiary/aromatic N) is 1. The van der Waals surface area contributed by atoms with E-state index < -0.39 is 70.1 Å². The summed E-state index contributed by atoms with van der Waals surface area (Å²) in [4.78, 5) is 56.6. The molecule has 0 amide bonds. The van der Waals surface area contributed by atoms with Crippen molar-refractivity contribution in [3.8, 4) is 0 Å². The van der Waals surface area contributed by atoms with Gasteiger partial charge in [0.1, 0.15) is 17.2 Å². The molecule has 10 atom stereocenters. The molecule has 3 aromatic rings. The van der Waals surface area contributed by atoms with Crippen molar-refractivity contribution in [1.29, 1.82) is 0 Å². The topological polar surface area (TPSA) is 131 Å². The summed E-state index contributed by atoms with van der Waals surface area (Å²) in [6, 6.07) is 11.6. The normalized spacial score (nSPS) is 37.0. The van der Waals surface area contributed by atoms with Crippen molar-refractivity contribution in [3.05, 3.63) is 101 Å². The standard InChI is InChI=1S/C43H43F2NO7/c1-23-15-34-33-10-9-28-18-29(47)11-13-40(28,2)42(33,45)36(49)20-41(34,3)43(23,52)37(50)22-53-39(51)26-6-4-5-24(16-26)31-19-32(31)35(48)17-25-7-8-27-21-46-14-12-30(27)38(25)44/h4-8,11-14,16,18,21,23,31-34,36,49,52H,9-10,15,17,19-20,22H2,1-3H3/t23-,31+,32-,33+,34+,36+,40+,41+,42+,43+/m1/s1. The van der Waals surface area contributed by atoms with Gasteiger partial charge in [-0.15, -0.1) is 0 Å². The van der Waals surface area contributed by atoms with Gasteiger partial charge in [0.2, 0.25) is 5.78 Å². The van der Waals surface area contributed by atoms with Crippen LogP contribution in [0.2, 0.25) is 0 Å². The Balaban J connectivity index is 0.938. The van der Waals surface area contributed by atoms with E-state index >= 15 is 8.78 Å². The molecular weight excluding hydrogens is 680 g/mol. The van der Waals surface area contributed by atoms with Crippen molar-refractivity contribution in [2.24, 2.45) is 34.5 Å². The lowest BCUT2D eigenvalue weighted by Gasteiger charge is -2.62. The van der Waals surface area contributed by atoms with E-state index in [1.165, 1.54) is 18.3 Å². The monoisotopic (exact) mass is 723 g/mol. The third-order valence-corrected chi connectivity index (χ3v) is 13.9. The average molecular weight is 724 g/mol. The number of Topliss-reactive ketones (excluding diaryl/α,β-unsaturated/α-hetero) is 2. The zero-order valence-electron chi connectivity index (χ0n) is 30.0. The van der Waals surface area contributed by atoms with Gasteiger partial charge >= 0.3 is 5.97 Å². The first-order valence-corrected chi connectivity index (χ1v) is 18.5. The second kappa shape index (κ2) is 12.3. The van der Waals surface area contributed by atoms with Crippen molar-refractivity contribution in [1.82, 2.24) is 4.98 Å². The minimum absolute atomic E-state index is 0.0459. The first-order chi connectivity index (χ1) is 25.1. The molecule has 5 aliphatic rings. The Morgan fingerprint density at radius 3 is 2.66 bits per heavy atom. The zero-order valence-corrected chi connectivity index (χ0v) is 30.0. The molecule has 0 aliphatic heterocycles. The molecule has 2 N–H and O–H groups in total. The number of halogens is 2. The highest BCUT2D eigenvalue weighted by Crippen LogP contribution is 2.70. The summed E-state index contributed by atoms with van der Waals surface area (Å²) < 4.78 is 38.1. The molecule has 4 fully saturated rings. The van der Waals surface area contributed by atoms with E-state index in [2.05, 4.69) is 4.98 Å². The fourth-order valence-electron chi connectivity index (χ4n) is 10.9. The molecule has 8 nitrogen and oxygen atoms in total. The molecule has 4 saturated carbocycles. The molecular formula is C43H43F2NO7. The van der Waals surface area contributed by atoms with Gasteiger partial charge in [0.05, 0.1) is 11.7 Å². The predicted molar refractivity (Wildman–Crippen MR) is 191 cm³/mol. The van der Waals surface area contributed by atoms with Crippen molar-refractivity contribution in [2.45, 2.75) is 82.6 Å². The minimum Gasteiger partial charge on any atom is -0.454 e. The summed E-state index contributed by atoms with van der Waals surface area (Å²) >= 11 is 0. The van der Waals surface area contributed by atoms with Crippen LogP contribution < -0.4 is 0 Å². The Morgan fingerprint density at radius 2 is 1.87 bits per heavy atom. The van der Waals surface area contributed by atoms with Gasteiger partial charge in [-0.25, -0.2) is 13.6 Å². The molecule has 53 heavy (non-hydrogen) atoms. The molecule has 1 heterocycles. The summed E-state index contributed by atoms with van der Waals surface area (Å²) in [7, 11) is 0. The summed E-state index contributed by atoms with van der Waals surface area (Å²) in [5, 5.41) is 24.9. The summed E-state index contributed by atoms with van der Waals surface area (Å²) in [6.45, 7) is 4.49. The highest BCUT2D eigenvalue weighted by Gasteiger charge is 2.75. The second-order valence-corrected chi connectivity index (χ2v) is 16.5. The average Bonchev–Trinajstić information content (AvgIpc) is 3.92. The smallest absolute Gasteiger partial charge is 0.338 e. The van der Waals surface area contributed by atoms with Crippen molar-refractivity contribution in [3.63, 3.8) is 0 Å². The first-order valence-electron chi connectivity index (χ1n) is 18.5. The fraction of sp³-hybridized carbons (Fsp3) is 0.465. The van der Waals surface area contributed by atoms with Crippen LogP contribution in [0.1, 0.15) is 80.3 Å². The van der Waals surface area contributed by atoms with E-state index in [1.807, 2.05) is 6.07 Å². The molecule has 0 radical (unpaired) electrons. The Morgan fingerprint density at radius 1 is 1.08 bits per heavy atom. The Bertz CT molecular complexity index is 2150. The summed E-state index contributed by atoms with van der Waals surface area (Å²) in [5.74, 6) is -4.36. The number of esters is 1. The second-order valence-electron chi connectivity index (χ2n) is 16.5. The zero-order chi connectivity index (χ0) is 37.7. The van der Waals surface area contributed by atoms with Crippen LogP contribution in [0.3, 0.4) is 0 Å². The Kier molecular flexibility index (Phi) is 8.27. The number of aliphatic hydroxyl groups is 2. The molecule has 0 unspecified atom stereocenters. The lowest BCUT2D eigenvalue weighted by atomic mass is 9.44. The highest BCUT2D eigenvalue weighted by molar-refractivity contribution is 6.01. The van der Waals surface area contributed by atoms with Crippen molar-refractivity contribution < 1.29 is 42.9 Å². The summed E-state index contributed by atoms with van der Waals surface area (Å²) in [5.41, 5.74) is -4.55. The van der Waals surface area contributed by atoms with Crippen LogP contribution in [0, 0.1) is 40.3 Å². The quantitative estimate of drug-likeness (QED) is 0.257. The largest absolute Gasteiger partial charge is 0.454 e. The number of ketones is 3. The van der Waals surface area contributed by atoms with E-state index in [9.17, 15) is 29.4 Å². The summed E-state index contributed by atoms with van der Waals surface area (Å²) in [6.07, 6.45) is 7.49. The number of carbonyl (C=O) groups excluding carboxylic acids is 4. The number of hydrogen-bond acceptors (Lipinski definition) is 8. The Labute approximate surface area is 306 Å². The minimum atomic E-state index is -2.10. The van der Waals surface area contributed by atoms with Gasteiger partial charge in [-0.2, -0.15) is 0 Å². The molecule has 8 rings (SSSR count). The molecule has 5 aliphatic carbocycles. The third kappa shape index (κ3) is 5.15. The van der Waals surface area contributed by atoms with E-state index in [0.717, 1.165) is 5.56 Å². The van der Waals surface area contributed by atoms with E-state index in [0.29, 0.717) is 47.6 Å². The number of carbonyl (C=O) groups is 4. The molecule has 1 aromatic heterocycles. The van der Waals surface area contributed by atoms with Gasteiger partial charge in [-0.05, 0) is 98.3 Å². The number of benzene rings is 2. The van der Waals surface area contributed by atoms with Crippen molar-refractivity contribution in [2.75, 3.05) is 6.61 Å². The van der Waals surface area contributed by atoms with E-state index in [4.69, 9.17) is 4.74 Å². The number of hydrogen-bond donors (Lipinski definition) is 2. The van der Waals surface area contributed by atoms with Crippen LogP contribution in [0.5, 0.6) is 0 Å². The fourth-order valence-corrected chi connectivity index (χ4v) is 10.9. The van der Waals surface area contributed by atoms with Gasteiger partial charge in [0.15, 0.2) is 18.1 Å². The molecule has 2 aromatic carbocycles. The van der Waals surface area contributed by atoms with E-state index in [-0.39, 0.29) is 41.8 Å². The number of alkyl halides is 1. The number of fused-ring (bicyclic) bond motifs is 6. The molecule has 276 valence electrons. The third-order valence-electron chi connectivity index (χ3n) is 13.9. The van der Waals surface area contributed by atoms with Crippen LogP contribution in [0.15, 0.2) is 78.7 Å². The molecule has 0 spiro atoms. The SMILES string of the molecule is C[C@@H]1C[C@H]2[C@@H]3CCC4=CC(=O)C=C[C@]4(C)[C@@]3(F)[C@@H](O)C[C@]2(C)[C@@]1(O)C(=O)COC(=O)c1cccc([C@@H]2C[C@H]2C(=O)Cc2ccc3cnccc3c2F)c1. The molecule has 0 bridgehead atoms. The lowest BCUT2D eigenvalue weighted by Crippen LogP contribution is -2.69. The van der Waals surface area contributed by atoms with E-state index in [1.54, 1.807) is 69.4 Å². The van der Waals surface area contributed by atoms with Crippen LogP contribution in [-0.4, -0.2) is 62.5 Å². The maximum absolute atomic E-state index is 17.5. The number of aliphatic hydroxyl groups excluding tert-OH is 1. The predicted octanol–water partition coefficient (Wildman–Crippen LogP) is 6.36. The van der Waals surface area contributed by atoms with Gasteiger partial charge < -0.3 is 14.9 Å². The highest BCUT2D eigenvalue weighted by atomic mass is 19.1. The molecule has 0 saturated heterocycles. The van der Waals surface area contributed by atoms with Crippen LogP contribution in [0.25, 0.3) is 10.8 Å². The number of pyridine rings is 1. The van der Waals surface area contributed by atoms with Crippen LogP contribution >= 0.6 is 0 Å².